The summed E-state index contributed by atoms with van der Waals surface area (Å²) in [7, 11) is 0. The molecule has 1 aromatic carbocycles. The number of aryl methyl sites for hydroxylation is 1. The summed E-state index contributed by atoms with van der Waals surface area (Å²) in [5.74, 6) is 1.04. The Labute approximate surface area is 123 Å². The van der Waals surface area contributed by atoms with Gasteiger partial charge in [0.1, 0.15) is 18.1 Å². The molecule has 112 valence electrons. The van der Waals surface area contributed by atoms with Crippen molar-refractivity contribution in [3.63, 3.8) is 0 Å². The van der Waals surface area contributed by atoms with Crippen molar-refractivity contribution < 1.29 is 9.53 Å². The summed E-state index contributed by atoms with van der Waals surface area (Å²) in [6, 6.07) is 7.23. The van der Waals surface area contributed by atoms with Crippen molar-refractivity contribution in [2.24, 2.45) is 0 Å². The highest BCUT2D eigenvalue weighted by Gasteiger charge is 2.08. The fraction of sp³-hybridized carbons (Fsp3) is 0.333. The molecule has 6 nitrogen and oxygen atoms in total. The first-order valence-corrected chi connectivity index (χ1v) is 6.80. The largest absolute Gasteiger partial charge is 0.491 e. The van der Waals surface area contributed by atoms with Crippen molar-refractivity contribution in [1.82, 2.24) is 9.78 Å². The van der Waals surface area contributed by atoms with Crippen LogP contribution >= 0.6 is 0 Å². The van der Waals surface area contributed by atoms with Crippen molar-refractivity contribution in [1.29, 1.82) is 0 Å². The Hall–Kier alpha value is -2.50. The van der Waals surface area contributed by atoms with Gasteiger partial charge in [-0.3, -0.25) is 9.48 Å². The average molecular weight is 288 g/mol. The number of benzene rings is 1. The van der Waals surface area contributed by atoms with Gasteiger partial charge in [0.2, 0.25) is 5.91 Å². The molecule has 0 atom stereocenters. The van der Waals surface area contributed by atoms with Crippen molar-refractivity contribution in [3.8, 4) is 5.75 Å². The number of nitrogens with zero attached hydrogens (tertiary/aromatic N) is 2. The summed E-state index contributed by atoms with van der Waals surface area (Å²) in [5, 5.41) is 6.83. The monoisotopic (exact) mass is 288 g/mol. The fourth-order valence-corrected chi connectivity index (χ4v) is 1.92. The molecule has 21 heavy (non-hydrogen) atoms. The van der Waals surface area contributed by atoms with Crippen molar-refractivity contribution in [2.75, 3.05) is 11.1 Å². The van der Waals surface area contributed by atoms with Crippen LogP contribution in [0.3, 0.4) is 0 Å². The van der Waals surface area contributed by atoms with Crippen LogP contribution in [0.1, 0.15) is 19.4 Å². The topological polar surface area (TPSA) is 82.2 Å². The lowest BCUT2D eigenvalue weighted by Gasteiger charge is -2.13. The van der Waals surface area contributed by atoms with Crippen molar-refractivity contribution in [3.05, 3.63) is 36.0 Å². The molecular weight excluding hydrogens is 268 g/mol. The predicted molar refractivity (Wildman–Crippen MR) is 82.2 cm³/mol. The van der Waals surface area contributed by atoms with E-state index in [-0.39, 0.29) is 18.6 Å². The molecule has 1 aromatic heterocycles. The van der Waals surface area contributed by atoms with Crippen LogP contribution < -0.4 is 15.8 Å². The SMILES string of the molecule is Cc1cc(OC(C)C)ccc1NC(=O)Cn1ccc(N)n1. The van der Waals surface area contributed by atoms with E-state index in [2.05, 4.69) is 10.4 Å². The van der Waals surface area contributed by atoms with Crippen LogP contribution in [0.4, 0.5) is 11.5 Å². The van der Waals surface area contributed by atoms with Gasteiger partial charge in [-0.2, -0.15) is 5.10 Å². The van der Waals surface area contributed by atoms with Gasteiger partial charge in [0.05, 0.1) is 6.10 Å². The molecular formula is C15H20N4O2. The second-order valence-electron chi connectivity index (χ2n) is 5.13. The minimum Gasteiger partial charge on any atom is -0.491 e. The lowest BCUT2D eigenvalue weighted by molar-refractivity contribution is -0.116. The number of rotatable bonds is 5. The van der Waals surface area contributed by atoms with Gasteiger partial charge < -0.3 is 15.8 Å². The summed E-state index contributed by atoms with van der Waals surface area (Å²) in [4.78, 5) is 12.0. The zero-order valence-electron chi connectivity index (χ0n) is 12.5. The summed E-state index contributed by atoms with van der Waals surface area (Å²) in [6.45, 7) is 6.00. The molecule has 3 N–H and O–H groups in total. The molecule has 1 amide bonds. The van der Waals surface area contributed by atoms with E-state index in [4.69, 9.17) is 10.5 Å². The summed E-state index contributed by atoms with van der Waals surface area (Å²) in [5.41, 5.74) is 7.22. The van der Waals surface area contributed by atoms with E-state index in [1.807, 2.05) is 39.0 Å². The zero-order chi connectivity index (χ0) is 15.4. The van der Waals surface area contributed by atoms with Crippen LogP contribution in [-0.4, -0.2) is 21.8 Å². The Morgan fingerprint density at radius 3 is 2.76 bits per heavy atom. The van der Waals surface area contributed by atoms with Gasteiger partial charge in [-0.15, -0.1) is 0 Å². The Morgan fingerprint density at radius 2 is 2.19 bits per heavy atom. The number of aromatic nitrogens is 2. The summed E-state index contributed by atoms with van der Waals surface area (Å²) >= 11 is 0. The summed E-state index contributed by atoms with van der Waals surface area (Å²) < 4.78 is 7.11. The third kappa shape index (κ3) is 4.24. The fourth-order valence-electron chi connectivity index (χ4n) is 1.92. The molecule has 0 unspecified atom stereocenters. The lowest BCUT2D eigenvalue weighted by Crippen LogP contribution is -2.19. The van der Waals surface area contributed by atoms with E-state index in [1.165, 1.54) is 4.68 Å². The molecule has 0 aliphatic carbocycles. The third-order valence-electron chi connectivity index (χ3n) is 2.81. The van der Waals surface area contributed by atoms with Crippen LogP contribution in [0, 0.1) is 6.92 Å². The second kappa shape index (κ2) is 6.30. The normalized spacial score (nSPS) is 10.7. The Bertz CT molecular complexity index is 634. The number of hydrogen-bond acceptors (Lipinski definition) is 4. The second-order valence-corrected chi connectivity index (χ2v) is 5.13. The van der Waals surface area contributed by atoms with Crippen molar-refractivity contribution >= 4 is 17.4 Å². The van der Waals surface area contributed by atoms with Crippen LogP contribution in [0.25, 0.3) is 0 Å². The van der Waals surface area contributed by atoms with E-state index in [0.717, 1.165) is 17.0 Å². The van der Waals surface area contributed by atoms with E-state index in [9.17, 15) is 4.79 Å². The number of amides is 1. The Kier molecular flexibility index (Phi) is 4.47. The average Bonchev–Trinajstić information content (AvgIpc) is 2.77. The number of nitrogens with one attached hydrogen (secondary N) is 1. The number of nitrogens with two attached hydrogens (primary N) is 1. The number of carbonyl (C=O) groups is 1. The number of carbonyl (C=O) groups excluding carboxylic acids is 1. The van der Waals surface area contributed by atoms with Gasteiger partial charge in [0.15, 0.2) is 0 Å². The predicted octanol–water partition coefficient (Wildman–Crippen LogP) is 2.20. The number of nitrogen functional groups attached to an aromatic ring is 1. The van der Waals surface area contributed by atoms with Gasteiger partial charge >= 0.3 is 0 Å². The van der Waals surface area contributed by atoms with Crippen LogP contribution in [-0.2, 0) is 11.3 Å². The van der Waals surface area contributed by atoms with Gasteiger partial charge in [0, 0.05) is 11.9 Å². The van der Waals surface area contributed by atoms with Crippen LogP contribution in [0.15, 0.2) is 30.5 Å². The molecule has 0 spiro atoms. The van der Waals surface area contributed by atoms with E-state index < -0.39 is 0 Å². The summed E-state index contributed by atoms with van der Waals surface area (Å²) in [6.07, 6.45) is 1.79. The van der Waals surface area contributed by atoms with Crippen LogP contribution in [0.2, 0.25) is 0 Å². The molecule has 0 fully saturated rings. The quantitative estimate of drug-likeness (QED) is 0.883. The van der Waals surface area contributed by atoms with Gasteiger partial charge in [-0.25, -0.2) is 0 Å². The Morgan fingerprint density at radius 1 is 1.43 bits per heavy atom. The van der Waals surface area contributed by atoms with E-state index >= 15 is 0 Å². The molecule has 0 bridgehead atoms. The molecule has 0 saturated carbocycles. The number of hydrogen-bond donors (Lipinski definition) is 2. The van der Waals surface area contributed by atoms with E-state index in [1.54, 1.807) is 12.3 Å². The highest BCUT2D eigenvalue weighted by Crippen LogP contribution is 2.22. The van der Waals surface area contributed by atoms with Crippen LogP contribution in [0.5, 0.6) is 5.75 Å². The maximum atomic E-state index is 12.0. The first kappa shape index (κ1) is 14.9. The van der Waals surface area contributed by atoms with Crippen molar-refractivity contribution in [2.45, 2.75) is 33.4 Å². The highest BCUT2D eigenvalue weighted by atomic mass is 16.5. The smallest absolute Gasteiger partial charge is 0.246 e. The molecule has 2 aromatic rings. The maximum absolute atomic E-state index is 12.0. The minimum absolute atomic E-state index is 0.120. The lowest BCUT2D eigenvalue weighted by atomic mass is 10.2. The van der Waals surface area contributed by atoms with E-state index in [0.29, 0.717) is 5.82 Å². The molecule has 1 heterocycles. The molecule has 0 radical (unpaired) electrons. The number of anilines is 2. The number of ether oxygens (including phenoxy) is 1. The zero-order valence-corrected chi connectivity index (χ0v) is 12.5. The standard InChI is InChI=1S/C15H20N4O2/c1-10(2)21-12-4-5-13(11(3)8-12)17-15(20)9-19-7-6-14(16)18-19/h4-8,10H,9H2,1-3H3,(H2,16,18)(H,17,20). The molecule has 0 aliphatic rings. The molecule has 0 aliphatic heterocycles. The highest BCUT2D eigenvalue weighted by molar-refractivity contribution is 5.91. The van der Waals surface area contributed by atoms with Gasteiger partial charge in [-0.05, 0) is 50.6 Å². The molecule has 0 saturated heterocycles. The first-order valence-electron chi connectivity index (χ1n) is 6.80. The Balaban J connectivity index is 2.00. The molecule has 6 heteroatoms. The minimum atomic E-state index is -0.154. The van der Waals surface area contributed by atoms with Gasteiger partial charge in [0.25, 0.3) is 0 Å². The first-order chi connectivity index (χ1) is 9.94. The molecule has 2 rings (SSSR count). The van der Waals surface area contributed by atoms with Gasteiger partial charge in [-0.1, -0.05) is 0 Å². The maximum Gasteiger partial charge on any atom is 0.246 e. The third-order valence-corrected chi connectivity index (χ3v) is 2.81.